The van der Waals surface area contributed by atoms with E-state index in [0.717, 1.165) is 5.56 Å². The molecule has 1 amide bonds. The minimum atomic E-state index is -1.12. The molecule has 0 aliphatic heterocycles. The van der Waals surface area contributed by atoms with Gasteiger partial charge in [-0.1, -0.05) is 29.8 Å². The molecule has 104 valence electrons. The molecule has 0 radical (unpaired) electrons. The molecule has 20 heavy (non-hydrogen) atoms. The smallest absolute Gasteiger partial charge is 0.356 e. The van der Waals surface area contributed by atoms with Crippen LogP contribution in [0.1, 0.15) is 16.1 Å². The van der Waals surface area contributed by atoms with Crippen LogP contribution in [-0.4, -0.2) is 26.8 Å². The minimum Gasteiger partial charge on any atom is -0.476 e. The Kier molecular flexibility index (Phi) is 4.37. The van der Waals surface area contributed by atoms with Gasteiger partial charge in [0.1, 0.15) is 6.54 Å². The summed E-state index contributed by atoms with van der Waals surface area (Å²) < 4.78 is 1.27. The summed E-state index contributed by atoms with van der Waals surface area (Å²) in [6.45, 7) is 0.267. The van der Waals surface area contributed by atoms with Crippen LogP contribution in [0.15, 0.2) is 36.5 Å². The van der Waals surface area contributed by atoms with E-state index >= 15 is 0 Å². The maximum Gasteiger partial charge on any atom is 0.356 e. The zero-order valence-corrected chi connectivity index (χ0v) is 11.2. The highest BCUT2D eigenvalue weighted by Gasteiger charge is 2.09. The van der Waals surface area contributed by atoms with Crippen molar-refractivity contribution < 1.29 is 14.7 Å². The predicted octanol–water partition coefficient (Wildman–Crippen LogP) is 1.55. The van der Waals surface area contributed by atoms with E-state index in [4.69, 9.17) is 16.7 Å². The summed E-state index contributed by atoms with van der Waals surface area (Å²) >= 11 is 5.97. The average Bonchev–Trinajstić information content (AvgIpc) is 2.86. The number of nitrogens with one attached hydrogen (secondary N) is 1. The Hall–Kier alpha value is -2.34. The molecule has 6 nitrogen and oxygen atoms in total. The number of carbonyl (C=O) groups excluding carboxylic acids is 1. The lowest BCUT2D eigenvalue weighted by Crippen LogP contribution is -2.27. The van der Waals surface area contributed by atoms with Crippen LogP contribution in [-0.2, 0) is 17.9 Å². The Morgan fingerprint density at radius 3 is 2.70 bits per heavy atom. The Morgan fingerprint density at radius 1 is 1.30 bits per heavy atom. The number of halogens is 1. The molecule has 7 heteroatoms. The topological polar surface area (TPSA) is 84.2 Å². The Morgan fingerprint density at radius 2 is 2.05 bits per heavy atom. The van der Waals surface area contributed by atoms with Gasteiger partial charge in [-0.2, -0.15) is 5.10 Å². The summed E-state index contributed by atoms with van der Waals surface area (Å²) in [6.07, 6.45) is 1.44. The number of aromatic carboxylic acids is 1. The molecule has 2 aromatic rings. The van der Waals surface area contributed by atoms with Crippen LogP contribution in [0.25, 0.3) is 0 Å². The molecule has 0 aliphatic carbocycles. The van der Waals surface area contributed by atoms with Crippen LogP contribution in [0.3, 0.4) is 0 Å². The summed E-state index contributed by atoms with van der Waals surface area (Å²) in [4.78, 5) is 22.4. The minimum absolute atomic E-state index is 0.0439. The van der Waals surface area contributed by atoms with Crippen LogP contribution in [0.5, 0.6) is 0 Å². The highest BCUT2D eigenvalue weighted by molar-refractivity contribution is 6.31. The van der Waals surface area contributed by atoms with Crippen molar-refractivity contribution in [3.05, 3.63) is 52.8 Å². The van der Waals surface area contributed by atoms with Crippen LogP contribution < -0.4 is 5.32 Å². The monoisotopic (exact) mass is 293 g/mol. The van der Waals surface area contributed by atoms with Gasteiger partial charge in [-0.05, 0) is 17.7 Å². The van der Waals surface area contributed by atoms with Gasteiger partial charge in [0.15, 0.2) is 5.69 Å². The third kappa shape index (κ3) is 3.58. The van der Waals surface area contributed by atoms with Gasteiger partial charge in [0.25, 0.3) is 0 Å². The molecule has 0 saturated carbocycles. The maximum absolute atomic E-state index is 11.7. The normalized spacial score (nSPS) is 10.2. The van der Waals surface area contributed by atoms with Gasteiger partial charge in [-0.25, -0.2) is 4.79 Å². The number of carboxylic acid groups (broad SMARTS) is 1. The fourth-order valence-corrected chi connectivity index (χ4v) is 1.80. The van der Waals surface area contributed by atoms with Crippen LogP contribution in [0.2, 0.25) is 5.02 Å². The summed E-state index contributed by atoms with van der Waals surface area (Å²) in [5, 5.41) is 15.8. The van der Waals surface area contributed by atoms with Crippen molar-refractivity contribution in [3.8, 4) is 0 Å². The van der Waals surface area contributed by atoms with Crippen molar-refractivity contribution in [2.24, 2.45) is 0 Å². The van der Waals surface area contributed by atoms with Crippen LogP contribution in [0.4, 0.5) is 0 Å². The number of hydrogen-bond donors (Lipinski definition) is 2. The van der Waals surface area contributed by atoms with Crippen molar-refractivity contribution in [3.63, 3.8) is 0 Å². The number of hydrogen-bond acceptors (Lipinski definition) is 3. The zero-order chi connectivity index (χ0) is 14.5. The molecular weight excluding hydrogens is 282 g/mol. The van der Waals surface area contributed by atoms with E-state index in [0.29, 0.717) is 11.6 Å². The average molecular weight is 294 g/mol. The van der Waals surface area contributed by atoms with Crippen LogP contribution >= 0.6 is 11.6 Å². The number of nitrogens with zero attached hydrogens (tertiary/aromatic N) is 2. The second-order valence-corrected chi connectivity index (χ2v) is 4.48. The third-order valence-corrected chi connectivity index (χ3v) is 2.97. The SMILES string of the molecule is O=C(Cn1ccc(C(=O)O)n1)NCc1ccccc1Cl. The van der Waals surface area contributed by atoms with Gasteiger partial charge in [-0.15, -0.1) is 0 Å². The van der Waals surface area contributed by atoms with Gasteiger partial charge in [0.05, 0.1) is 0 Å². The van der Waals surface area contributed by atoms with E-state index in [1.54, 1.807) is 6.07 Å². The first kappa shape index (κ1) is 14.1. The van der Waals surface area contributed by atoms with Crippen molar-refractivity contribution in [2.75, 3.05) is 0 Å². The summed E-state index contributed by atoms with van der Waals surface area (Å²) in [7, 11) is 0. The zero-order valence-electron chi connectivity index (χ0n) is 10.4. The number of rotatable bonds is 5. The third-order valence-electron chi connectivity index (χ3n) is 2.60. The number of carbonyl (C=O) groups is 2. The largest absolute Gasteiger partial charge is 0.476 e. The molecule has 1 aromatic heterocycles. The molecule has 0 atom stereocenters. The first-order valence-corrected chi connectivity index (χ1v) is 6.21. The highest BCUT2D eigenvalue weighted by atomic mass is 35.5. The molecule has 2 rings (SSSR count). The first-order valence-electron chi connectivity index (χ1n) is 5.83. The molecule has 0 fully saturated rings. The fraction of sp³-hybridized carbons (Fsp3) is 0.154. The predicted molar refractivity (Wildman–Crippen MR) is 72.5 cm³/mol. The highest BCUT2D eigenvalue weighted by Crippen LogP contribution is 2.14. The van der Waals surface area contributed by atoms with Crippen molar-refractivity contribution >= 4 is 23.5 Å². The quantitative estimate of drug-likeness (QED) is 0.876. The van der Waals surface area contributed by atoms with E-state index in [9.17, 15) is 9.59 Å². The molecule has 2 N–H and O–H groups in total. The van der Waals surface area contributed by atoms with Crippen molar-refractivity contribution in [2.45, 2.75) is 13.1 Å². The second kappa shape index (κ2) is 6.21. The lowest BCUT2D eigenvalue weighted by atomic mass is 10.2. The van der Waals surface area contributed by atoms with Gasteiger partial charge in [0, 0.05) is 17.8 Å². The fourth-order valence-electron chi connectivity index (χ4n) is 1.60. The van der Waals surface area contributed by atoms with Crippen molar-refractivity contribution in [1.82, 2.24) is 15.1 Å². The summed E-state index contributed by atoms with van der Waals surface area (Å²) in [5.41, 5.74) is 0.720. The number of benzene rings is 1. The molecule has 1 aromatic carbocycles. The van der Waals surface area contributed by atoms with Gasteiger partial charge < -0.3 is 10.4 Å². The van der Waals surface area contributed by atoms with E-state index < -0.39 is 5.97 Å². The van der Waals surface area contributed by atoms with Crippen LogP contribution in [0, 0.1) is 0 Å². The van der Waals surface area contributed by atoms with Gasteiger partial charge in [-0.3, -0.25) is 9.48 Å². The van der Waals surface area contributed by atoms with Gasteiger partial charge >= 0.3 is 5.97 Å². The maximum atomic E-state index is 11.7. The van der Waals surface area contributed by atoms with E-state index in [1.807, 2.05) is 18.2 Å². The summed E-state index contributed by atoms with van der Waals surface area (Å²) in [6, 6.07) is 8.54. The number of carboxylic acids is 1. The molecule has 0 unspecified atom stereocenters. The molecule has 0 aliphatic rings. The Balaban J connectivity index is 1.89. The number of amides is 1. The molecule has 0 spiro atoms. The molecule has 1 heterocycles. The first-order chi connectivity index (χ1) is 9.56. The van der Waals surface area contributed by atoms with E-state index in [-0.39, 0.29) is 18.1 Å². The standard InChI is InChI=1S/C13H12ClN3O3/c14-10-4-2-1-3-9(10)7-15-12(18)8-17-6-5-11(16-17)13(19)20/h1-6H,7-8H2,(H,15,18)(H,19,20). The lowest BCUT2D eigenvalue weighted by molar-refractivity contribution is -0.122. The second-order valence-electron chi connectivity index (χ2n) is 4.07. The Labute approximate surface area is 120 Å². The Bertz CT molecular complexity index is 639. The molecule has 0 bridgehead atoms. The molecular formula is C13H12ClN3O3. The lowest BCUT2D eigenvalue weighted by Gasteiger charge is -2.06. The molecule has 0 saturated heterocycles. The van der Waals surface area contributed by atoms with E-state index in [1.165, 1.54) is 16.9 Å². The summed E-state index contributed by atoms with van der Waals surface area (Å²) in [5.74, 6) is -1.40. The number of aromatic nitrogens is 2. The van der Waals surface area contributed by atoms with E-state index in [2.05, 4.69) is 10.4 Å². The van der Waals surface area contributed by atoms with Gasteiger partial charge in [0.2, 0.25) is 5.91 Å². The van der Waals surface area contributed by atoms with Crippen molar-refractivity contribution in [1.29, 1.82) is 0 Å².